The van der Waals surface area contributed by atoms with Gasteiger partial charge in [0.15, 0.2) is 0 Å². The lowest BCUT2D eigenvalue weighted by atomic mass is 10.3. The van der Waals surface area contributed by atoms with Crippen molar-refractivity contribution in [3.05, 3.63) is 53.6 Å². The highest BCUT2D eigenvalue weighted by molar-refractivity contribution is 8.01. The minimum absolute atomic E-state index is 0.00309. The Morgan fingerprint density at radius 3 is 2.35 bits per heavy atom. The molecule has 2 aromatic carbocycles. The number of amides is 3. The number of hydrogen-bond donors (Lipinski definition) is 1. The third kappa shape index (κ3) is 5.44. The zero-order valence-corrected chi connectivity index (χ0v) is 20.4. The summed E-state index contributed by atoms with van der Waals surface area (Å²) in [4.78, 5) is 38.7. The number of nitrogens with zero attached hydrogens (tertiary/aromatic N) is 2. The molecule has 180 valence electrons. The molecule has 2 aromatic rings. The molecule has 1 unspecified atom stereocenters. The molecule has 3 amide bonds. The lowest BCUT2D eigenvalue weighted by Gasteiger charge is -2.26. The Bertz CT molecular complexity index is 1180. The first-order valence-corrected chi connectivity index (χ1v) is 13.3. The fraction of sp³-hybridized carbons (Fsp3) is 0.318. The van der Waals surface area contributed by atoms with E-state index in [0.29, 0.717) is 29.6 Å². The highest BCUT2D eigenvalue weighted by Crippen LogP contribution is 2.31. The van der Waals surface area contributed by atoms with Crippen molar-refractivity contribution in [3.8, 4) is 0 Å². The fourth-order valence-electron chi connectivity index (χ4n) is 3.62. The van der Waals surface area contributed by atoms with Crippen molar-refractivity contribution in [2.24, 2.45) is 0 Å². The van der Waals surface area contributed by atoms with Crippen molar-refractivity contribution in [1.82, 2.24) is 4.31 Å². The molecule has 1 N–H and O–H groups in total. The van der Waals surface area contributed by atoms with Gasteiger partial charge in [0.25, 0.3) is 0 Å². The van der Waals surface area contributed by atoms with Crippen molar-refractivity contribution >= 4 is 62.5 Å². The summed E-state index contributed by atoms with van der Waals surface area (Å²) in [6.07, 6.45) is -0.0362. The summed E-state index contributed by atoms with van der Waals surface area (Å²) in [6, 6.07) is 12.3. The summed E-state index contributed by atoms with van der Waals surface area (Å²) >= 11 is 6.91. The van der Waals surface area contributed by atoms with Crippen LogP contribution in [0.1, 0.15) is 6.42 Å². The molecule has 12 heteroatoms. The topological polar surface area (TPSA) is 113 Å². The summed E-state index contributed by atoms with van der Waals surface area (Å²) in [5.41, 5.74) is 0.877. The zero-order chi connectivity index (χ0) is 24.3. The van der Waals surface area contributed by atoms with Crippen molar-refractivity contribution in [2.45, 2.75) is 16.6 Å². The molecule has 0 aromatic heterocycles. The monoisotopic (exact) mass is 523 g/mol. The Balaban J connectivity index is 1.37. The van der Waals surface area contributed by atoms with E-state index in [-0.39, 0.29) is 36.1 Å². The van der Waals surface area contributed by atoms with Gasteiger partial charge in [-0.05, 0) is 48.5 Å². The van der Waals surface area contributed by atoms with Gasteiger partial charge < -0.3 is 10.1 Å². The molecule has 2 aliphatic rings. The molecule has 2 saturated heterocycles. The van der Waals surface area contributed by atoms with Crippen LogP contribution >= 0.6 is 23.4 Å². The molecule has 34 heavy (non-hydrogen) atoms. The van der Waals surface area contributed by atoms with Crippen LogP contribution < -0.4 is 10.2 Å². The molecule has 0 radical (unpaired) electrons. The molecular weight excluding hydrogens is 502 g/mol. The second-order valence-corrected chi connectivity index (χ2v) is 11.2. The molecule has 0 bridgehead atoms. The maximum absolute atomic E-state index is 12.9. The number of ether oxygens (including phenoxy) is 1. The van der Waals surface area contributed by atoms with Crippen LogP contribution in [0.4, 0.5) is 11.4 Å². The summed E-state index contributed by atoms with van der Waals surface area (Å²) < 4.78 is 32.1. The smallest absolute Gasteiger partial charge is 0.247 e. The first-order chi connectivity index (χ1) is 16.3. The van der Waals surface area contributed by atoms with Crippen LogP contribution in [-0.4, -0.2) is 67.8 Å². The van der Waals surface area contributed by atoms with E-state index >= 15 is 0 Å². The number of nitrogens with one attached hydrogen (secondary N) is 1. The third-order valence-electron chi connectivity index (χ3n) is 5.35. The lowest BCUT2D eigenvalue weighted by Crippen LogP contribution is -2.40. The fourth-order valence-corrected chi connectivity index (χ4v) is 6.08. The second-order valence-electron chi connectivity index (χ2n) is 7.64. The van der Waals surface area contributed by atoms with Gasteiger partial charge in [-0.1, -0.05) is 11.6 Å². The maximum Gasteiger partial charge on any atom is 0.247 e. The molecule has 9 nitrogen and oxygen atoms in total. The minimum atomic E-state index is -3.68. The van der Waals surface area contributed by atoms with Gasteiger partial charge in [-0.3, -0.25) is 14.4 Å². The van der Waals surface area contributed by atoms with E-state index in [4.69, 9.17) is 16.3 Å². The number of rotatable bonds is 7. The maximum atomic E-state index is 12.9. The molecule has 2 fully saturated rings. The van der Waals surface area contributed by atoms with Crippen LogP contribution in [0.5, 0.6) is 0 Å². The summed E-state index contributed by atoms with van der Waals surface area (Å²) in [6.45, 7) is 1.23. The molecule has 0 saturated carbocycles. The summed E-state index contributed by atoms with van der Waals surface area (Å²) in [5.74, 6) is -1.14. The van der Waals surface area contributed by atoms with E-state index in [9.17, 15) is 22.8 Å². The molecule has 0 spiro atoms. The number of carbonyl (C=O) groups excluding carboxylic acids is 3. The zero-order valence-electron chi connectivity index (χ0n) is 18.0. The molecule has 2 heterocycles. The number of carbonyl (C=O) groups is 3. The predicted molar refractivity (Wildman–Crippen MR) is 129 cm³/mol. The van der Waals surface area contributed by atoms with Gasteiger partial charge in [0.2, 0.25) is 27.7 Å². The Morgan fingerprint density at radius 1 is 1.06 bits per heavy atom. The average Bonchev–Trinajstić information content (AvgIpc) is 3.12. The van der Waals surface area contributed by atoms with Gasteiger partial charge in [-0.25, -0.2) is 13.3 Å². The average molecular weight is 524 g/mol. The van der Waals surface area contributed by atoms with Crippen molar-refractivity contribution in [2.75, 3.05) is 42.3 Å². The number of imide groups is 1. The minimum Gasteiger partial charge on any atom is -0.379 e. The van der Waals surface area contributed by atoms with E-state index < -0.39 is 27.1 Å². The number of sulfonamides is 1. The van der Waals surface area contributed by atoms with Crippen molar-refractivity contribution in [3.63, 3.8) is 0 Å². The number of thioether (sulfide) groups is 1. The first kappa shape index (κ1) is 24.7. The standard InChI is InChI=1S/C22H22ClN3O6S2/c23-15-1-3-16(4-2-15)24-20(27)14-33-19-13-21(28)26(22(19)29)17-5-7-18(8-6-17)34(30,31)25-9-11-32-12-10-25/h1-8,19H,9-14H2,(H,24,27). The Morgan fingerprint density at radius 2 is 1.71 bits per heavy atom. The number of anilines is 2. The summed E-state index contributed by atoms with van der Waals surface area (Å²) in [5, 5.41) is 2.57. The molecular formula is C22H22ClN3O6S2. The Hall–Kier alpha value is -2.44. The highest BCUT2D eigenvalue weighted by atomic mass is 35.5. The predicted octanol–water partition coefficient (Wildman–Crippen LogP) is 2.36. The SMILES string of the molecule is O=C(CSC1CC(=O)N(c2ccc(S(=O)(=O)N3CCOCC3)cc2)C1=O)Nc1ccc(Cl)cc1. The van der Waals surface area contributed by atoms with E-state index in [1.54, 1.807) is 24.3 Å². The third-order valence-corrected chi connectivity index (χ3v) is 8.72. The van der Waals surface area contributed by atoms with Crippen LogP contribution in [0, 0.1) is 0 Å². The van der Waals surface area contributed by atoms with Gasteiger partial charge in [-0.15, -0.1) is 11.8 Å². The largest absolute Gasteiger partial charge is 0.379 e. The van der Waals surface area contributed by atoms with Crippen LogP contribution in [0.15, 0.2) is 53.4 Å². The number of benzene rings is 2. The van der Waals surface area contributed by atoms with Crippen LogP contribution in [0.3, 0.4) is 0 Å². The van der Waals surface area contributed by atoms with Crippen LogP contribution in [-0.2, 0) is 29.1 Å². The van der Waals surface area contributed by atoms with Crippen LogP contribution in [0.25, 0.3) is 0 Å². The summed E-state index contributed by atoms with van der Waals surface area (Å²) in [7, 11) is -3.68. The number of halogens is 1. The van der Waals surface area contributed by atoms with Gasteiger partial charge in [0, 0.05) is 30.2 Å². The van der Waals surface area contributed by atoms with Crippen molar-refractivity contribution < 1.29 is 27.5 Å². The molecule has 4 rings (SSSR count). The number of hydrogen-bond acceptors (Lipinski definition) is 7. The van der Waals surface area contributed by atoms with Crippen LogP contribution in [0.2, 0.25) is 5.02 Å². The second kappa shape index (κ2) is 10.4. The van der Waals surface area contributed by atoms with Gasteiger partial charge >= 0.3 is 0 Å². The molecule has 2 aliphatic heterocycles. The van der Waals surface area contributed by atoms with E-state index in [1.165, 1.54) is 28.6 Å². The van der Waals surface area contributed by atoms with Gasteiger partial charge in [0.1, 0.15) is 0 Å². The van der Waals surface area contributed by atoms with Crippen molar-refractivity contribution in [1.29, 1.82) is 0 Å². The molecule has 1 atom stereocenters. The first-order valence-electron chi connectivity index (χ1n) is 10.5. The van der Waals surface area contributed by atoms with Gasteiger partial charge in [-0.2, -0.15) is 4.31 Å². The van der Waals surface area contributed by atoms with E-state index in [1.807, 2.05) is 0 Å². The highest BCUT2D eigenvalue weighted by Gasteiger charge is 2.40. The molecule has 0 aliphatic carbocycles. The van der Waals surface area contributed by atoms with Gasteiger partial charge in [0.05, 0.1) is 34.8 Å². The van der Waals surface area contributed by atoms with E-state index in [0.717, 1.165) is 16.7 Å². The number of morpholine rings is 1. The normalized spacial score (nSPS) is 19.4. The quantitative estimate of drug-likeness (QED) is 0.554. The lowest BCUT2D eigenvalue weighted by molar-refractivity contribution is -0.121. The Labute approximate surface area is 206 Å². The Kier molecular flexibility index (Phi) is 7.58. The van der Waals surface area contributed by atoms with E-state index in [2.05, 4.69) is 5.32 Å².